The number of halogens is 1. The number of ether oxygens (including phenoxy) is 2. The molecule has 1 N–H and O–H groups in total. The summed E-state index contributed by atoms with van der Waals surface area (Å²) >= 11 is 6.26. The molecular formula is C31H37ClN2O4. The third-order valence-corrected chi connectivity index (χ3v) is 6.32. The summed E-state index contributed by atoms with van der Waals surface area (Å²) in [5.41, 5.74) is 2.33. The second-order valence-electron chi connectivity index (χ2n) is 10.3. The van der Waals surface area contributed by atoms with Crippen molar-refractivity contribution in [1.82, 2.24) is 10.2 Å². The van der Waals surface area contributed by atoms with E-state index in [0.29, 0.717) is 29.4 Å². The van der Waals surface area contributed by atoms with Crippen LogP contribution < -0.4 is 14.8 Å². The number of hydrogen-bond acceptors (Lipinski definition) is 4. The molecule has 0 aromatic heterocycles. The van der Waals surface area contributed by atoms with Crippen molar-refractivity contribution in [2.45, 2.75) is 58.2 Å². The van der Waals surface area contributed by atoms with Gasteiger partial charge < -0.3 is 19.7 Å². The van der Waals surface area contributed by atoms with Gasteiger partial charge in [0.2, 0.25) is 11.8 Å². The van der Waals surface area contributed by atoms with E-state index < -0.39 is 11.6 Å². The molecule has 0 aliphatic carbocycles. The highest BCUT2D eigenvalue weighted by Gasteiger charge is 2.32. The lowest BCUT2D eigenvalue weighted by molar-refractivity contribution is -0.141. The van der Waals surface area contributed by atoms with Gasteiger partial charge in [0, 0.05) is 29.9 Å². The smallest absolute Gasteiger partial charge is 0.243 e. The van der Waals surface area contributed by atoms with Crippen LogP contribution in [0.5, 0.6) is 11.5 Å². The third-order valence-electron chi connectivity index (χ3n) is 6.09. The number of carbonyl (C=O) groups excluding carboxylic acids is 2. The summed E-state index contributed by atoms with van der Waals surface area (Å²) in [7, 11) is 3.17. The molecule has 0 spiro atoms. The number of benzene rings is 3. The van der Waals surface area contributed by atoms with Crippen LogP contribution in [0.15, 0.2) is 72.8 Å². The van der Waals surface area contributed by atoms with E-state index >= 15 is 0 Å². The van der Waals surface area contributed by atoms with Gasteiger partial charge in [-0.15, -0.1) is 0 Å². The first-order valence-electron chi connectivity index (χ1n) is 12.7. The Hall–Kier alpha value is -3.51. The molecule has 0 aliphatic rings. The van der Waals surface area contributed by atoms with Crippen LogP contribution in [-0.4, -0.2) is 42.5 Å². The van der Waals surface area contributed by atoms with Gasteiger partial charge in [-0.25, -0.2) is 0 Å². The number of rotatable bonds is 11. The minimum atomic E-state index is -0.700. The molecule has 0 saturated heterocycles. The van der Waals surface area contributed by atoms with E-state index in [2.05, 4.69) is 5.32 Å². The minimum absolute atomic E-state index is 0.121. The van der Waals surface area contributed by atoms with Crippen LogP contribution in [0.1, 0.15) is 43.9 Å². The summed E-state index contributed by atoms with van der Waals surface area (Å²) in [6, 6.07) is 22.1. The number of aryl methyl sites for hydroxylation is 1. The van der Waals surface area contributed by atoms with Gasteiger partial charge in [-0.2, -0.15) is 0 Å². The van der Waals surface area contributed by atoms with Crippen molar-refractivity contribution in [1.29, 1.82) is 0 Å². The van der Waals surface area contributed by atoms with E-state index in [-0.39, 0.29) is 24.8 Å². The van der Waals surface area contributed by atoms with Crippen molar-refractivity contribution in [2.24, 2.45) is 0 Å². The van der Waals surface area contributed by atoms with Crippen molar-refractivity contribution in [2.75, 3.05) is 14.2 Å². The topological polar surface area (TPSA) is 67.9 Å². The lowest BCUT2D eigenvalue weighted by atomic mass is 9.99. The van der Waals surface area contributed by atoms with Gasteiger partial charge in [0.15, 0.2) is 11.5 Å². The molecule has 0 radical (unpaired) electrons. The van der Waals surface area contributed by atoms with Gasteiger partial charge in [0.1, 0.15) is 6.04 Å². The van der Waals surface area contributed by atoms with Gasteiger partial charge >= 0.3 is 0 Å². The van der Waals surface area contributed by atoms with Crippen molar-refractivity contribution in [3.63, 3.8) is 0 Å². The Kier molecular flexibility index (Phi) is 10.2. The summed E-state index contributed by atoms with van der Waals surface area (Å²) in [5, 5.41) is 3.67. The first kappa shape index (κ1) is 29.1. The first-order valence-corrected chi connectivity index (χ1v) is 13.1. The molecule has 7 heteroatoms. The summed E-state index contributed by atoms with van der Waals surface area (Å²) in [4.78, 5) is 29.2. The highest BCUT2D eigenvalue weighted by molar-refractivity contribution is 6.30. The molecule has 38 heavy (non-hydrogen) atoms. The van der Waals surface area contributed by atoms with E-state index in [0.717, 1.165) is 16.7 Å². The average molecular weight is 537 g/mol. The average Bonchev–Trinajstić information content (AvgIpc) is 2.88. The van der Waals surface area contributed by atoms with E-state index in [1.165, 1.54) is 0 Å². The predicted molar refractivity (Wildman–Crippen MR) is 152 cm³/mol. The van der Waals surface area contributed by atoms with Crippen LogP contribution >= 0.6 is 11.6 Å². The Bertz CT molecular complexity index is 1220. The normalized spacial score (nSPS) is 11.9. The summed E-state index contributed by atoms with van der Waals surface area (Å²) in [5.74, 6) is 0.930. The number of nitrogens with one attached hydrogen (secondary N) is 1. The van der Waals surface area contributed by atoms with Crippen molar-refractivity contribution in [3.8, 4) is 11.5 Å². The van der Waals surface area contributed by atoms with E-state index in [9.17, 15) is 9.59 Å². The minimum Gasteiger partial charge on any atom is -0.493 e. The highest BCUT2D eigenvalue weighted by Crippen LogP contribution is 2.28. The van der Waals surface area contributed by atoms with E-state index in [4.69, 9.17) is 21.1 Å². The van der Waals surface area contributed by atoms with E-state index in [1.54, 1.807) is 25.2 Å². The monoisotopic (exact) mass is 536 g/mol. The van der Waals surface area contributed by atoms with Gasteiger partial charge in [-0.05, 0) is 68.1 Å². The Balaban J connectivity index is 1.93. The van der Waals surface area contributed by atoms with Gasteiger partial charge in [0.05, 0.1) is 14.2 Å². The molecule has 0 bridgehead atoms. The van der Waals surface area contributed by atoms with Crippen LogP contribution in [0, 0.1) is 0 Å². The zero-order chi connectivity index (χ0) is 27.7. The van der Waals surface area contributed by atoms with Crippen LogP contribution in [0.25, 0.3) is 0 Å². The number of hydrogen-bond donors (Lipinski definition) is 1. The Morgan fingerprint density at radius 2 is 1.55 bits per heavy atom. The van der Waals surface area contributed by atoms with E-state index in [1.807, 2.05) is 87.5 Å². The fourth-order valence-electron chi connectivity index (χ4n) is 4.27. The zero-order valence-corrected chi connectivity index (χ0v) is 23.5. The summed E-state index contributed by atoms with van der Waals surface area (Å²) in [6.07, 6.45) is 1.11. The first-order chi connectivity index (χ1) is 18.1. The second kappa shape index (κ2) is 13.3. The summed E-state index contributed by atoms with van der Waals surface area (Å²) < 4.78 is 10.7. The Morgan fingerprint density at radius 3 is 2.18 bits per heavy atom. The SMILES string of the molecule is COc1ccc(CCC(=O)N(Cc2cccc(Cl)c2)[C@@H](Cc2ccccc2)C(=O)NC(C)(C)C)cc1OC. The molecular weight excluding hydrogens is 500 g/mol. The van der Waals surface area contributed by atoms with Crippen LogP contribution in [0.2, 0.25) is 5.02 Å². The summed E-state index contributed by atoms with van der Waals surface area (Å²) in [6.45, 7) is 6.07. The molecule has 3 aromatic rings. The Morgan fingerprint density at radius 1 is 0.868 bits per heavy atom. The van der Waals surface area contributed by atoms with Gasteiger partial charge in [0.25, 0.3) is 0 Å². The van der Waals surface area contributed by atoms with Crippen molar-refractivity contribution in [3.05, 3.63) is 94.5 Å². The van der Waals surface area contributed by atoms with Gasteiger partial charge in [-0.1, -0.05) is 60.1 Å². The molecule has 202 valence electrons. The largest absolute Gasteiger partial charge is 0.493 e. The number of methoxy groups -OCH3 is 2. The zero-order valence-electron chi connectivity index (χ0n) is 22.8. The fraction of sp³-hybridized carbons (Fsp3) is 0.355. The molecule has 3 aromatic carbocycles. The molecule has 3 rings (SSSR count). The van der Waals surface area contributed by atoms with Crippen molar-refractivity contribution >= 4 is 23.4 Å². The maximum Gasteiger partial charge on any atom is 0.243 e. The maximum absolute atomic E-state index is 13.8. The van der Waals surface area contributed by atoms with Crippen LogP contribution in [0.4, 0.5) is 0 Å². The quantitative estimate of drug-likeness (QED) is 0.334. The van der Waals surface area contributed by atoms with Crippen LogP contribution in [0.3, 0.4) is 0 Å². The number of amides is 2. The molecule has 0 fully saturated rings. The fourth-order valence-corrected chi connectivity index (χ4v) is 4.48. The lowest BCUT2D eigenvalue weighted by Gasteiger charge is -2.34. The molecule has 0 unspecified atom stereocenters. The molecule has 0 saturated carbocycles. The molecule has 1 atom stereocenters. The maximum atomic E-state index is 13.8. The lowest BCUT2D eigenvalue weighted by Crippen LogP contribution is -2.54. The third kappa shape index (κ3) is 8.52. The number of nitrogens with zero attached hydrogens (tertiary/aromatic N) is 1. The predicted octanol–water partition coefficient (Wildman–Crippen LogP) is 5.84. The highest BCUT2D eigenvalue weighted by atomic mass is 35.5. The molecule has 6 nitrogen and oxygen atoms in total. The molecule has 2 amide bonds. The van der Waals surface area contributed by atoms with Crippen molar-refractivity contribution < 1.29 is 19.1 Å². The standard InChI is InChI=1S/C31H37ClN2O4/c1-31(2,3)33-30(36)26(19-22-10-7-6-8-11-22)34(21-24-12-9-13-25(32)18-24)29(35)17-15-23-14-16-27(37-4)28(20-23)38-5/h6-14,16,18,20,26H,15,17,19,21H2,1-5H3,(H,33,36)/t26-/m0/s1. The molecule has 0 heterocycles. The van der Waals surface area contributed by atoms with Gasteiger partial charge in [-0.3, -0.25) is 9.59 Å². The second-order valence-corrected chi connectivity index (χ2v) is 10.7. The molecule has 0 aliphatic heterocycles. The van der Waals surface area contributed by atoms with Crippen LogP contribution in [-0.2, 0) is 29.0 Å². The number of carbonyl (C=O) groups is 2. The Labute approximate surface area is 230 Å².